The third kappa shape index (κ3) is 2.75. The summed E-state index contributed by atoms with van der Waals surface area (Å²) in [5.41, 5.74) is 3.05. The zero-order chi connectivity index (χ0) is 15.6. The van der Waals surface area contributed by atoms with E-state index >= 15 is 0 Å². The number of nitrogens with zero attached hydrogens (tertiary/aromatic N) is 2. The van der Waals surface area contributed by atoms with Crippen LogP contribution in [0, 0.1) is 0 Å². The van der Waals surface area contributed by atoms with Crippen LogP contribution < -0.4 is 0 Å². The standard InChI is InChI=1S/C18H14N2O2S/c21-18(22-14-9-8-12-7-4-10-19-16(12)14)15-11-20-17(23-15)13-5-2-1-3-6-13/h1-7,10-11,14H,8-9H2. The minimum Gasteiger partial charge on any atom is -0.452 e. The van der Waals surface area contributed by atoms with Crippen molar-refractivity contribution < 1.29 is 9.53 Å². The number of aromatic nitrogens is 2. The lowest BCUT2D eigenvalue weighted by molar-refractivity contribution is 0.0298. The zero-order valence-corrected chi connectivity index (χ0v) is 13.1. The normalized spacial score (nSPS) is 16.1. The van der Waals surface area contributed by atoms with Crippen molar-refractivity contribution >= 4 is 17.3 Å². The first-order valence-corrected chi connectivity index (χ1v) is 8.29. The lowest BCUT2D eigenvalue weighted by Crippen LogP contribution is -2.09. The number of fused-ring (bicyclic) bond motifs is 1. The molecule has 0 saturated carbocycles. The molecule has 114 valence electrons. The Morgan fingerprint density at radius 3 is 2.87 bits per heavy atom. The topological polar surface area (TPSA) is 52.1 Å². The Morgan fingerprint density at radius 1 is 1.13 bits per heavy atom. The average Bonchev–Trinajstić information content (AvgIpc) is 3.24. The fourth-order valence-electron chi connectivity index (χ4n) is 2.76. The molecule has 0 spiro atoms. The predicted molar refractivity (Wildman–Crippen MR) is 88.3 cm³/mol. The van der Waals surface area contributed by atoms with Gasteiger partial charge >= 0.3 is 5.97 Å². The summed E-state index contributed by atoms with van der Waals surface area (Å²) in [4.78, 5) is 21.6. The first-order chi connectivity index (χ1) is 11.3. The number of rotatable bonds is 3. The Bertz CT molecular complexity index is 845. The Hall–Kier alpha value is -2.53. The van der Waals surface area contributed by atoms with E-state index in [4.69, 9.17) is 4.74 Å². The van der Waals surface area contributed by atoms with Crippen LogP contribution in [0.25, 0.3) is 10.6 Å². The van der Waals surface area contributed by atoms with Crippen molar-refractivity contribution in [3.8, 4) is 10.6 Å². The van der Waals surface area contributed by atoms with Gasteiger partial charge in [0.1, 0.15) is 16.0 Å². The Morgan fingerprint density at radius 2 is 2.00 bits per heavy atom. The quantitative estimate of drug-likeness (QED) is 0.683. The lowest BCUT2D eigenvalue weighted by atomic mass is 10.2. The summed E-state index contributed by atoms with van der Waals surface area (Å²) < 4.78 is 5.64. The monoisotopic (exact) mass is 322 g/mol. The highest BCUT2D eigenvalue weighted by Gasteiger charge is 2.28. The third-order valence-electron chi connectivity index (χ3n) is 3.88. The number of carbonyl (C=O) groups excluding carboxylic acids is 1. The van der Waals surface area contributed by atoms with Crippen LogP contribution >= 0.6 is 11.3 Å². The average molecular weight is 322 g/mol. The maximum atomic E-state index is 12.4. The summed E-state index contributed by atoms with van der Waals surface area (Å²) in [6, 6.07) is 13.8. The molecule has 0 radical (unpaired) electrons. The fraction of sp³-hybridized carbons (Fsp3) is 0.167. The van der Waals surface area contributed by atoms with Crippen molar-refractivity contribution in [1.82, 2.24) is 9.97 Å². The van der Waals surface area contributed by atoms with Gasteiger partial charge in [0.05, 0.1) is 11.9 Å². The van der Waals surface area contributed by atoms with Gasteiger partial charge in [-0.05, 0) is 24.5 Å². The molecule has 0 aliphatic heterocycles. The van der Waals surface area contributed by atoms with E-state index < -0.39 is 0 Å². The van der Waals surface area contributed by atoms with E-state index in [-0.39, 0.29) is 12.1 Å². The van der Waals surface area contributed by atoms with Crippen molar-refractivity contribution in [1.29, 1.82) is 0 Å². The number of hydrogen-bond acceptors (Lipinski definition) is 5. The van der Waals surface area contributed by atoms with E-state index in [2.05, 4.69) is 9.97 Å². The molecule has 1 aromatic carbocycles. The van der Waals surface area contributed by atoms with Gasteiger partial charge in [-0.1, -0.05) is 36.4 Å². The molecule has 0 amide bonds. The molecule has 2 heterocycles. The van der Waals surface area contributed by atoms with Crippen LogP contribution in [0.5, 0.6) is 0 Å². The van der Waals surface area contributed by atoms with Crippen molar-refractivity contribution in [2.24, 2.45) is 0 Å². The number of hydrogen-bond donors (Lipinski definition) is 0. The van der Waals surface area contributed by atoms with Crippen LogP contribution in [0.3, 0.4) is 0 Å². The fourth-order valence-corrected chi connectivity index (χ4v) is 3.56. The summed E-state index contributed by atoms with van der Waals surface area (Å²) in [5, 5.41) is 0.822. The molecule has 1 atom stereocenters. The lowest BCUT2D eigenvalue weighted by Gasteiger charge is -2.11. The van der Waals surface area contributed by atoms with E-state index in [1.165, 1.54) is 16.9 Å². The SMILES string of the molecule is O=C(OC1CCc2cccnc21)c1cnc(-c2ccccc2)s1. The molecule has 4 rings (SSSR count). The molecule has 0 N–H and O–H groups in total. The van der Waals surface area contributed by atoms with Crippen molar-refractivity contribution in [3.63, 3.8) is 0 Å². The van der Waals surface area contributed by atoms with Crippen molar-refractivity contribution in [2.75, 3.05) is 0 Å². The molecule has 5 heteroatoms. The van der Waals surface area contributed by atoms with Gasteiger partial charge in [-0.3, -0.25) is 4.98 Å². The van der Waals surface area contributed by atoms with Crippen molar-refractivity contribution in [2.45, 2.75) is 18.9 Å². The van der Waals surface area contributed by atoms with Gasteiger partial charge in [0.15, 0.2) is 0 Å². The molecule has 0 saturated heterocycles. The maximum absolute atomic E-state index is 12.4. The predicted octanol–water partition coefficient (Wildman–Crippen LogP) is 4.05. The van der Waals surface area contributed by atoms with Crippen LogP contribution in [-0.4, -0.2) is 15.9 Å². The Balaban J connectivity index is 1.52. The summed E-state index contributed by atoms with van der Waals surface area (Å²) in [5.74, 6) is -0.326. The van der Waals surface area contributed by atoms with Gasteiger partial charge in [0.25, 0.3) is 0 Å². The molecular formula is C18H14N2O2S. The van der Waals surface area contributed by atoms with Crippen LogP contribution in [-0.2, 0) is 11.2 Å². The largest absolute Gasteiger partial charge is 0.452 e. The Labute approximate surface area is 137 Å². The summed E-state index contributed by atoms with van der Waals surface area (Å²) in [7, 11) is 0. The zero-order valence-electron chi connectivity index (χ0n) is 12.3. The van der Waals surface area contributed by atoms with Crippen LogP contribution in [0.15, 0.2) is 54.9 Å². The molecule has 0 bridgehead atoms. The number of benzene rings is 1. The summed E-state index contributed by atoms with van der Waals surface area (Å²) >= 11 is 1.35. The van der Waals surface area contributed by atoms with Gasteiger partial charge < -0.3 is 4.74 Å². The second kappa shape index (κ2) is 5.93. The minimum atomic E-state index is -0.326. The second-order valence-electron chi connectivity index (χ2n) is 5.38. The number of esters is 1. The van der Waals surface area contributed by atoms with E-state index in [0.717, 1.165) is 29.1 Å². The van der Waals surface area contributed by atoms with Gasteiger partial charge in [-0.2, -0.15) is 0 Å². The molecule has 0 fully saturated rings. The van der Waals surface area contributed by atoms with Gasteiger partial charge in [-0.25, -0.2) is 9.78 Å². The van der Waals surface area contributed by atoms with Gasteiger partial charge in [-0.15, -0.1) is 11.3 Å². The third-order valence-corrected chi connectivity index (χ3v) is 4.91. The van der Waals surface area contributed by atoms with Gasteiger partial charge in [0, 0.05) is 11.8 Å². The molecule has 1 unspecified atom stereocenters. The van der Waals surface area contributed by atoms with E-state index in [0.29, 0.717) is 4.88 Å². The van der Waals surface area contributed by atoms with Gasteiger partial charge in [0.2, 0.25) is 0 Å². The van der Waals surface area contributed by atoms with Crippen molar-refractivity contribution in [3.05, 3.63) is 71.0 Å². The first kappa shape index (κ1) is 14.1. The highest BCUT2D eigenvalue weighted by Crippen LogP contribution is 2.33. The number of pyridine rings is 1. The second-order valence-corrected chi connectivity index (χ2v) is 6.41. The highest BCUT2D eigenvalue weighted by atomic mass is 32.1. The molecule has 1 aliphatic carbocycles. The number of ether oxygens (including phenoxy) is 1. The van der Waals surface area contributed by atoms with E-state index in [9.17, 15) is 4.79 Å². The summed E-state index contributed by atoms with van der Waals surface area (Å²) in [6.45, 7) is 0. The smallest absolute Gasteiger partial charge is 0.350 e. The number of aryl methyl sites for hydroxylation is 1. The molecule has 3 aromatic rings. The molecular weight excluding hydrogens is 308 g/mol. The highest BCUT2D eigenvalue weighted by molar-refractivity contribution is 7.16. The van der Waals surface area contributed by atoms with Crippen LogP contribution in [0.1, 0.15) is 33.5 Å². The molecule has 1 aliphatic rings. The maximum Gasteiger partial charge on any atom is 0.350 e. The van der Waals surface area contributed by atoms with E-state index in [1.807, 2.05) is 42.5 Å². The van der Waals surface area contributed by atoms with E-state index in [1.54, 1.807) is 12.4 Å². The minimum absolute atomic E-state index is 0.249. The number of carbonyl (C=O) groups is 1. The molecule has 2 aromatic heterocycles. The number of thiazole rings is 1. The van der Waals surface area contributed by atoms with Crippen LogP contribution in [0.2, 0.25) is 0 Å². The first-order valence-electron chi connectivity index (χ1n) is 7.47. The van der Waals surface area contributed by atoms with Crippen LogP contribution in [0.4, 0.5) is 0 Å². The Kier molecular flexibility index (Phi) is 3.63. The molecule has 23 heavy (non-hydrogen) atoms. The summed E-state index contributed by atoms with van der Waals surface area (Å²) in [6.07, 6.45) is 4.78. The molecule has 4 nitrogen and oxygen atoms in total.